The molecule has 13 heavy (non-hydrogen) atoms. The van der Waals surface area contributed by atoms with Crippen LogP contribution in [-0.2, 0) is 11.3 Å². The molecule has 4 nitrogen and oxygen atoms in total. The highest BCUT2D eigenvalue weighted by Crippen LogP contribution is 2.10. The van der Waals surface area contributed by atoms with E-state index in [9.17, 15) is 0 Å². The van der Waals surface area contributed by atoms with Gasteiger partial charge >= 0.3 is 0 Å². The fourth-order valence-electron chi connectivity index (χ4n) is 0.819. The summed E-state index contributed by atoms with van der Waals surface area (Å²) in [5.41, 5.74) is 9.34. The van der Waals surface area contributed by atoms with Gasteiger partial charge in [-0.15, -0.1) is 11.3 Å². The quantitative estimate of drug-likeness (QED) is 0.555. The number of nitrogens with one attached hydrogen (secondary N) is 1. The molecular weight excluding hydrogens is 186 g/mol. The smallest absolute Gasteiger partial charge is 0.180 e. The fourth-order valence-corrected chi connectivity index (χ4v) is 1.42. The first-order chi connectivity index (χ1) is 6.18. The van der Waals surface area contributed by atoms with E-state index in [1.165, 1.54) is 11.3 Å². The lowest BCUT2D eigenvalue weighted by atomic mass is 10.4. The number of hydroxylamine groups is 1. The second kappa shape index (κ2) is 5.16. The van der Waals surface area contributed by atoms with E-state index in [-0.39, 0.29) is 0 Å². The largest absolute Gasteiger partial charge is 0.375 e. The Kier molecular flexibility index (Phi) is 4.14. The van der Waals surface area contributed by atoms with Gasteiger partial charge in [-0.2, -0.15) is 0 Å². The first-order valence-corrected chi connectivity index (χ1v) is 5.13. The third-order valence-corrected chi connectivity index (χ3v) is 2.07. The summed E-state index contributed by atoms with van der Waals surface area (Å²) in [4.78, 5) is 9.30. The molecule has 0 bridgehead atoms. The average Bonchev–Trinajstić information content (AvgIpc) is 2.45. The van der Waals surface area contributed by atoms with Crippen LogP contribution in [0.25, 0.3) is 0 Å². The molecule has 0 aliphatic rings. The van der Waals surface area contributed by atoms with E-state index >= 15 is 0 Å². The highest BCUT2D eigenvalue weighted by molar-refractivity contribution is 7.13. The standard InChI is InChI=1S/C8H15N3OS/c1-6(2)11-12-4-3-7-5-13-8(9)10-7/h5-6,11H,3-4H2,1-2H3,(H2,9,10). The fraction of sp³-hybridized carbons (Fsp3) is 0.625. The van der Waals surface area contributed by atoms with Gasteiger partial charge in [0.25, 0.3) is 0 Å². The number of thiazole rings is 1. The maximum absolute atomic E-state index is 5.48. The second-order valence-electron chi connectivity index (χ2n) is 3.05. The van der Waals surface area contributed by atoms with Crippen molar-refractivity contribution in [2.45, 2.75) is 26.3 Å². The van der Waals surface area contributed by atoms with Crippen molar-refractivity contribution in [3.05, 3.63) is 11.1 Å². The first-order valence-electron chi connectivity index (χ1n) is 4.25. The van der Waals surface area contributed by atoms with Gasteiger partial charge in [0.05, 0.1) is 12.3 Å². The van der Waals surface area contributed by atoms with E-state index in [1.54, 1.807) is 0 Å². The maximum Gasteiger partial charge on any atom is 0.180 e. The molecule has 0 saturated carbocycles. The van der Waals surface area contributed by atoms with Crippen LogP contribution in [0, 0.1) is 0 Å². The zero-order valence-corrected chi connectivity index (χ0v) is 8.73. The molecule has 74 valence electrons. The van der Waals surface area contributed by atoms with Crippen molar-refractivity contribution in [2.75, 3.05) is 12.3 Å². The van der Waals surface area contributed by atoms with Crippen LogP contribution >= 0.6 is 11.3 Å². The molecule has 0 saturated heterocycles. The van der Waals surface area contributed by atoms with Gasteiger partial charge in [-0.05, 0) is 13.8 Å². The lowest BCUT2D eigenvalue weighted by molar-refractivity contribution is 0.0258. The molecule has 0 aliphatic carbocycles. The monoisotopic (exact) mass is 201 g/mol. The Morgan fingerprint density at radius 2 is 2.46 bits per heavy atom. The summed E-state index contributed by atoms with van der Waals surface area (Å²) >= 11 is 1.46. The molecule has 1 rings (SSSR count). The number of nitrogens with zero attached hydrogens (tertiary/aromatic N) is 1. The Hall–Kier alpha value is -0.650. The van der Waals surface area contributed by atoms with Crippen LogP contribution in [0.15, 0.2) is 5.38 Å². The molecule has 0 atom stereocenters. The molecule has 0 spiro atoms. The normalized spacial score (nSPS) is 11.0. The zero-order chi connectivity index (χ0) is 9.68. The van der Waals surface area contributed by atoms with Crippen molar-refractivity contribution in [2.24, 2.45) is 0 Å². The maximum atomic E-state index is 5.48. The minimum absolute atomic E-state index is 0.348. The van der Waals surface area contributed by atoms with Gasteiger partial charge in [-0.25, -0.2) is 10.5 Å². The lowest BCUT2D eigenvalue weighted by Crippen LogP contribution is -2.24. The summed E-state index contributed by atoms with van der Waals surface area (Å²) in [6.07, 6.45) is 0.799. The van der Waals surface area contributed by atoms with Crippen LogP contribution in [0.3, 0.4) is 0 Å². The topological polar surface area (TPSA) is 60.2 Å². The van der Waals surface area contributed by atoms with E-state index in [0.29, 0.717) is 17.8 Å². The molecule has 5 heteroatoms. The second-order valence-corrected chi connectivity index (χ2v) is 3.94. The third kappa shape index (κ3) is 4.21. The lowest BCUT2D eigenvalue weighted by Gasteiger charge is -2.06. The van der Waals surface area contributed by atoms with Gasteiger partial charge in [0.15, 0.2) is 5.13 Å². The van der Waals surface area contributed by atoms with Crippen LogP contribution in [0.5, 0.6) is 0 Å². The number of nitrogens with two attached hydrogens (primary N) is 1. The van der Waals surface area contributed by atoms with E-state index in [1.807, 2.05) is 19.2 Å². The number of anilines is 1. The van der Waals surface area contributed by atoms with Gasteiger partial charge in [0.2, 0.25) is 0 Å². The molecule has 0 unspecified atom stereocenters. The van der Waals surface area contributed by atoms with Crippen molar-refractivity contribution in [3.63, 3.8) is 0 Å². The Bertz CT molecular complexity index is 249. The molecule has 0 amide bonds. The molecule has 1 heterocycles. The average molecular weight is 201 g/mol. The SMILES string of the molecule is CC(C)NOCCc1csc(N)n1. The molecule has 3 N–H and O–H groups in total. The van der Waals surface area contributed by atoms with Crippen LogP contribution < -0.4 is 11.2 Å². The number of aromatic nitrogens is 1. The van der Waals surface area contributed by atoms with Gasteiger partial charge in [-0.3, -0.25) is 0 Å². The number of hydrogen-bond acceptors (Lipinski definition) is 5. The highest BCUT2D eigenvalue weighted by Gasteiger charge is 1.98. The summed E-state index contributed by atoms with van der Waals surface area (Å²) in [5, 5.41) is 2.57. The summed E-state index contributed by atoms with van der Waals surface area (Å²) in [7, 11) is 0. The molecule has 0 aliphatic heterocycles. The molecular formula is C8H15N3OS. The molecule has 1 aromatic rings. The van der Waals surface area contributed by atoms with Gasteiger partial charge in [0, 0.05) is 17.8 Å². The number of hydrogen-bond donors (Lipinski definition) is 2. The third-order valence-electron chi connectivity index (χ3n) is 1.35. The van der Waals surface area contributed by atoms with Crippen molar-refractivity contribution in [3.8, 4) is 0 Å². The van der Waals surface area contributed by atoms with Crippen molar-refractivity contribution < 1.29 is 4.84 Å². The number of rotatable bonds is 5. The minimum Gasteiger partial charge on any atom is -0.375 e. The molecule has 0 fully saturated rings. The van der Waals surface area contributed by atoms with Gasteiger partial charge < -0.3 is 10.6 Å². The Morgan fingerprint density at radius 1 is 1.69 bits per heavy atom. The van der Waals surface area contributed by atoms with Gasteiger partial charge in [-0.1, -0.05) is 0 Å². The number of nitrogen functional groups attached to an aromatic ring is 1. The van der Waals surface area contributed by atoms with Crippen molar-refractivity contribution >= 4 is 16.5 Å². The van der Waals surface area contributed by atoms with E-state index in [0.717, 1.165) is 12.1 Å². The van der Waals surface area contributed by atoms with Crippen LogP contribution in [-0.4, -0.2) is 17.6 Å². The van der Waals surface area contributed by atoms with Crippen LogP contribution in [0.1, 0.15) is 19.5 Å². The Morgan fingerprint density at radius 3 is 3.00 bits per heavy atom. The summed E-state index contributed by atoms with van der Waals surface area (Å²) in [6, 6.07) is 0.348. The van der Waals surface area contributed by atoms with Crippen molar-refractivity contribution in [1.29, 1.82) is 0 Å². The molecule has 0 aromatic carbocycles. The summed E-state index contributed by atoms with van der Waals surface area (Å²) in [5.74, 6) is 0. The van der Waals surface area contributed by atoms with E-state index in [2.05, 4.69) is 10.5 Å². The first kappa shape index (κ1) is 10.4. The predicted octanol–water partition coefficient (Wildman–Crippen LogP) is 1.20. The summed E-state index contributed by atoms with van der Waals surface area (Å²) in [6.45, 7) is 4.68. The summed E-state index contributed by atoms with van der Waals surface area (Å²) < 4.78 is 0. The van der Waals surface area contributed by atoms with E-state index < -0.39 is 0 Å². The highest BCUT2D eigenvalue weighted by atomic mass is 32.1. The molecule has 1 aromatic heterocycles. The van der Waals surface area contributed by atoms with Crippen LogP contribution in [0.2, 0.25) is 0 Å². The Labute approximate surface area is 82.1 Å². The minimum atomic E-state index is 0.348. The van der Waals surface area contributed by atoms with Gasteiger partial charge in [0.1, 0.15) is 0 Å². The van der Waals surface area contributed by atoms with Crippen molar-refractivity contribution in [1.82, 2.24) is 10.5 Å². The predicted molar refractivity (Wildman–Crippen MR) is 54.5 cm³/mol. The zero-order valence-electron chi connectivity index (χ0n) is 7.91. The van der Waals surface area contributed by atoms with E-state index in [4.69, 9.17) is 10.6 Å². The molecule has 0 radical (unpaired) electrons. The Balaban J connectivity index is 2.13. The van der Waals surface area contributed by atoms with Crippen LogP contribution in [0.4, 0.5) is 5.13 Å².